The second-order valence-electron chi connectivity index (χ2n) is 4.58. The molecule has 102 valence electrons. The van der Waals surface area contributed by atoms with Crippen LogP contribution >= 0.6 is 22.9 Å². The number of rotatable bonds is 6. The average molecular weight is 296 g/mol. The summed E-state index contributed by atoms with van der Waals surface area (Å²) >= 11 is 7.39. The fraction of sp³-hybridized carbons (Fsp3) is 0.357. The van der Waals surface area contributed by atoms with Crippen molar-refractivity contribution >= 4 is 22.9 Å². The van der Waals surface area contributed by atoms with Crippen molar-refractivity contribution in [3.05, 3.63) is 51.4 Å². The third-order valence-corrected chi connectivity index (χ3v) is 4.06. The van der Waals surface area contributed by atoms with Crippen molar-refractivity contribution in [3.8, 4) is 0 Å². The highest BCUT2D eigenvalue weighted by atomic mass is 35.5. The predicted octanol–water partition coefficient (Wildman–Crippen LogP) is 3.19. The number of hydrogen-bond donors (Lipinski definition) is 1. The Morgan fingerprint density at radius 1 is 1.32 bits per heavy atom. The van der Waals surface area contributed by atoms with E-state index in [1.807, 2.05) is 6.07 Å². The second-order valence-corrected chi connectivity index (χ2v) is 6.33. The Morgan fingerprint density at radius 3 is 2.63 bits per heavy atom. The molecule has 0 aliphatic rings. The molecule has 0 radical (unpaired) electrons. The molecule has 5 heteroatoms. The fourth-order valence-electron chi connectivity index (χ4n) is 1.96. The molecule has 19 heavy (non-hydrogen) atoms. The van der Waals surface area contributed by atoms with Gasteiger partial charge in [-0.05, 0) is 19.7 Å². The first-order chi connectivity index (χ1) is 9.16. The van der Waals surface area contributed by atoms with Gasteiger partial charge in [0, 0.05) is 19.1 Å². The minimum Gasteiger partial charge on any atom is -0.309 e. The van der Waals surface area contributed by atoms with Crippen LogP contribution in [0.2, 0.25) is 4.34 Å². The first-order valence-corrected chi connectivity index (χ1v) is 7.38. The van der Waals surface area contributed by atoms with Gasteiger partial charge in [-0.1, -0.05) is 41.9 Å². The van der Waals surface area contributed by atoms with Crippen LogP contribution in [-0.4, -0.2) is 30.5 Å². The minimum atomic E-state index is 0.358. The summed E-state index contributed by atoms with van der Waals surface area (Å²) in [6, 6.07) is 10.9. The molecule has 3 nitrogen and oxygen atoms in total. The standard InChI is InChI=1S/C14H18ClN3S/c1-18(2)12(11-6-4-3-5-7-11)8-16-10-14-17-9-13(15)19-14/h3-7,9,12,16H,8,10H2,1-2H3. The van der Waals surface area contributed by atoms with Crippen LogP contribution in [-0.2, 0) is 6.54 Å². The summed E-state index contributed by atoms with van der Waals surface area (Å²) in [5.74, 6) is 0. The van der Waals surface area contributed by atoms with Crippen LogP contribution in [0.3, 0.4) is 0 Å². The van der Waals surface area contributed by atoms with Gasteiger partial charge in [0.15, 0.2) is 0 Å². The van der Waals surface area contributed by atoms with E-state index in [-0.39, 0.29) is 0 Å². The quantitative estimate of drug-likeness (QED) is 0.887. The number of nitrogens with one attached hydrogen (secondary N) is 1. The zero-order chi connectivity index (χ0) is 13.7. The molecular formula is C14H18ClN3S. The number of thiazole rings is 1. The molecule has 1 unspecified atom stereocenters. The van der Waals surface area contributed by atoms with Crippen molar-refractivity contribution in [2.24, 2.45) is 0 Å². The SMILES string of the molecule is CN(C)C(CNCc1ncc(Cl)s1)c1ccccc1. The van der Waals surface area contributed by atoms with Crippen LogP contribution in [0.5, 0.6) is 0 Å². The van der Waals surface area contributed by atoms with Crippen LogP contribution in [0.15, 0.2) is 36.5 Å². The average Bonchev–Trinajstić information content (AvgIpc) is 2.81. The monoisotopic (exact) mass is 295 g/mol. The molecule has 0 aliphatic carbocycles. The Bertz CT molecular complexity index is 498. The van der Waals surface area contributed by atoms with E-state index in [0.717, 1.165) is 22.4 Å². The van der Waals surface area contributed by atoms with E-state index in [9.17, 15) is 0 Å². The first-order valence-electron chi connectivity index (χ1n) is 6.19. The molecule has 0 aliphatic heterocycles. The maximum atomic E-state index is 5.87. The minimum absolute atomic E-state index is 0.358. The van der Waals surface area contributed by atoms with E-state index in [2.05, 4.69) is 53.6 Å². The van der Waals surface area contributed by atoms with E-state index < -0.39 is 0 Å². The molecule has 1 aromatic carbocycles. The van der Waals surface area contributed by atoms with Crippen molar-refractivity contribution in [3.63, 3.8) is 0 Å². The highest BCUT2D eigenvalue weighted by Gasteiger charge is 2.13. The highest BCUT2D eigenvalue weighted by Crippen LogP contribution is 2.19. The van der Waals surface area contributed by atoms with E-state index in [0.29, 0.717) is 6.04 Å². The number of aromatic nitrogens is 1. The van der Waals surface area contributed by atoms with Crippen molar-refractivity contribution < 1.29 is 0 Å². The van der Waals surface area contributed by atoms with Crippen molar-refractivity contribution in [2.75, 3.05) is 20.6 Å². The molecule has 0 spiro atoms. The van der Waals surface area contributed by atoms with Crippen LogP contribution in [0, 0.1) is 0 Å². The van der Waals surface area contributed by atoms with E-state index in [1.54, 1.807) is 6.20 Å². The molecule has 0 saturated heterocycles. The lowest BCUT2D eigenvalue weighted by Crippen LogP contribution is -2.30. The largest absolute Gasteiger partial charge is 0.309 e. The summed E-state index contributed by atoms with van der Waals surface area (Å²) in [5.41, 5.74) is 1.32. The smallest absolute Gasteiger partial charge is 0.113 e. The van der Waals surface area contributed by atoms with Gasteiger partial charge in [0.05, 0.1) is 6.20 Å². The van der Waals surface area contributed by atoms with Gasteiger partial charge >= 0.3 is 0 Å². The maximum Gasteiger partial charge on any atom is 0.113 e. The summed E-state index contributed by atoms with van der Waals surface area (Å²) < 4.78 is 0.740. The predicted molar refractivity (Wildman–Crippen MR) is 81.7 cm³/mol. The zero-order valence-electron chi connectivity index (χ0n) is 11.1. The van der Waals surface area contributed by atoms with Gasteiger partial charge in [0.25, 0.3) is 0 Å². The Hall–Kier alpha value is -0.940. The summed E-state index contributed by atoms with van der Waals surface area (Å²) in [4.78, 5) is 6.46. The molecule has 2 aromatic rings. The molecule has 0 amide bonds. The summed E-state index contributed by atoms with van der Waals surface area (Å²) in [5, 5.41) is 4.47. The van der Waals surface area contributed by atoms with Gasteiger partial charge in [-0.3, -0.25) is 0 Å². The van der Waals surface area contributed by atoms with Gasteiger partial charge in [-0.2, -0.15) is 0 Å². The van der Waals surface area contributed by atoms with Gasteiger partial charge < -0.3 is 10.2 Å². The van der Waals surface area contributed by atoms with Gasteiger partial charge in [0.2, 0.25) is 0 Å². The molecule has 0 bridgehead atoms. The van der Waals surface area contributed by atoms with Crippen LogP contribution in [0.4, 0.5) is 0 Å². The second kappa shape index (κ2) is 7.01. The Kier molecular flexibility index (Phi) is 5.34. The fourth-order valence-corrected chi connectivity index (χ4v) is 2.89. The molecule has 1 heterocycles. The van der Waals surface area contributed by atoms with E-state index >= 15 is 0 Å². The van der Waals surface area contributed by atoms with Crippen molar-refractivity contribution in [2.45, 2.75) is 12.6 Å². The third kappa shape index (κ3) is 4.28. The van der Waals surface area contributed by atoms with Gasteiger partial charge in [-0.25, -0.2) is 4.98 Å². The van der Waals surface area contributed by atoms with Gasteiger partial charge in [0.1, 0.15) is 9.34 Å². The number of benzene rings is 1. The molecule has 1 aromatic heterocycles. The third-order valence-electron chi connectivity index (χ3n) is 2.95. The molecular weight excluding hydrogens is 278 g/mol. The highest BCUT2D eigenvalue weighted by molar-refractivity contribution is 7.15. The van der Waals surface area contributed by atoms with E-state index in [4.69, 9.17) is 11.6 Å². The normalized spacial score (nSPS) is 12.8. The summed E-state index contributed by atoms with van der Waals surface area (Å²) in [6.45, 7) is 1.64. The van der Waals surface area contributed by atoms with Crippen LogP contribution in [0.1, 0.15) is 16.6 Å². The topological polar surface area (TPSA) is 28.2 Å². The molecule has 0 saturated carbocycles. The summed E-state index contributed by atoms with van der Waals surface area (Å²) in [7, 11) is 4.19. The lowest BCUT2D eigenvalue weighted by molar-refractivity contribution is 0.288. The number of halogens is 1. The number of likely N-dealkylation sites (N-methyl/N-ethyl adjacent to an activating group) is 1. The van der Waals surface area contributed by atoms with Crippen LogP contribution < -0.4 is 5.32 Å². The zero-order valence-corrected chi connectivity index (χ0v) is 12.7. The molecule has 2 rings (SSSR count). The lowest BCUT2D eigenvalue weighted by Gasteiger charge is -2.25. The molecule has 1 N–H and O–H groups in total. The maximum absolute atomic E-state index is 5.87. The van der Waals surface area contributed by atoms with Crippen molar-refractivity contribution in [1.29, 1.82) is 0 Å². The van der Waals surface area contributed by atoms with Crippen molar-refractivity contribution in [1.82, 2.24) is 15.2 Å². The number of nitrogens with zero attached hydrogens (tertiary/aromatic N) is 2. The number of hydrogen-bond acceptors (Lipinski definition) is 4. The Labute approximate surface area is 123 Å². The van der Waals surface area contributed by atoms with Gasteiger partial charge in [-0.15, -0.1) is 11.3 Å². The molecule has 0 fully saturated rings. The van der Waals surface area contributed by atoms with Crippen LogP contribution in [0.25, 0.3) is 0 Å². The lowest BCUT2D eigenvalue weighted by atomic mass is 10.1. The van der Waals surface area contributed by atoms with E-state index in [1.165, 1.54) is 16.9 Å². The Morgan fingerprint density at radius 2 is 2.05 bits per heavy atom. The Balaban J connectivity index is 1.91. The first kappa shape index (κ1) is 14.5. The molecule has 1 atom stereocenters. The summed E-state index contributed by atoms with van der Waals surface area (Å²) in [6.07, 6.45) is 1.70.